The Morgan fingerprint density at radius 2 is 2.00 bits per heavy atom. The molecule has 0 radical (unpaired) electrons. The van der Waals surface area contributed by atoms with Crippen molar-refractivity contribution in [3.8, 4) is 0 Å². The van der Waals surface area contributed by atoms with Crippen LogP contribution < -0.4 is 0 Å². The Morgan fingerprint density at radius 1 is 1.22 bits per heavy atom. The average Bonchev–Trinajstić information content (AvgIpc) is 2.40. The van der Waals surface area contributed by atoms with Gasteiger partial charge in [0.15, 0.2) is 0 Å². The molecular formula is C16H23FO. The Kier molecular flexibility index (Phi) is 5.18. The fourth-order valence-corrected chi connectivity index (χ4v) is 2.72. The van der Waals surface area contributed by atoms with Crippen molar-refractivity contribution in [1.82, 2.24) is 0 Å². The normalized spacial score (nSPS) is 24.1. The summed E-state index contributed by atoms with van der Waals surface area (Å²) in [4.78, 5) is 0. The summed E-state index contributed by atoms with van der Waals surface area (Å²) >= 11 is 0. The Balaban J connectivity index is 1.79. The van der Waals surface area contributed by atoms with Crippen molar-refractivity contribution >= 4 is 0 Å². The summed E-state index contributed by atoms with van der Waals surface area (Å²) in [5.74, 6) is 0.403. The van der Waals surface area contributed by atoms with E-state index in [1.54, 1.807) is 6.07 Å². The summed E-state index contributed by atoms with van der Waals surface area (Å²) in [6.45, 7) is 3.08. The molecule has 100 valence electrons. The molecule has 0 unspecified atom stereocenters. The second kappa shape index (κ2) is 6.89. The highest BCUT2D eigenvalue weighted by Crippen LogP contribution is 2.34. The van der Waals surface area contributed by atoms with Crippen molar-refractivity contribution < 1.29 is 9.13 Å². The molecule has 1 aromatic carbocycles. The second-order valence-electron chi connectivity index (χ2n) is 5.25. The fraction of sp³-hybridized carbons (Fsp3) is 0.625. The van der Waals surface area contributed by atoms with Gasteiger partial charge in [-0.25, -0.2) is 4.39 Å². The molecule has 0 aliphatic heterocycles. The predicted molar refractivity (Wildman–Crippen MR) is 72.3 cm³/mol. The minimum Gasteiger partial charge on any atom is -0.378 e. The van der Waals surface area contributed by atoms with Gasteiger partial charge in [-0.05, 0) is 55.7 Å². The largest absolute Gasteiger partial charge is 0.378 e. The standard InChI is InChI=1S/C16H23FO/c1-2-3-11-18-16-9-7-13(8-10-16)14-5-4-6-15(17)12-14/h4-6,12-13,16H,2-3,7-11H2,1H3. The van der Waals surface area contributed by atoms with Crippen LogP contribution in [0.25, 0.3) is 0 Å². The first kappa shape index (κ1) is 13.5. The second-order valence-corrected chi connectivity index (χ2v) is 5.25. The Morgan fingerprint density at radius 3 is 2.67 bits per heavy atom. The molecule has 0 saturated heterocycles. The minimum atomic E-state index is -0.117. The van der Waals surface area contributed by atoms with E-state index in [0.717, 1.165) is 44.3 Å². The zero-order valence-electron chi connectivity index (χ0n) is 11.2. The minimum absolute atomic E-state index is 0.117. The number of hydrogen-bond acceptors (Lipinski definition) is 1. The molecule has 0 atom stereocenters. The van der Waals surface area contributed by atoms with Crippen LogP contribution in [0.1, 0.15) is 56.9 Å². The Labute approximate surface area is 109 Å². The first-order valence-electron chi connectivity index (χ1n) is 7.16. The van der Waals surface area contributed by atoms with Gasteiger partial charge >= 0.3 is 0 Å². The van der Waals surface area contributed by atoms with Crippen LogP contribution in [0.5, 0.6) is 0 Å². The zero-order chi connectivity index (χ0) is 12.8. The third kappa shape index (κ3) is 3.81. The molecule has 1 aliphatic rings. The molecule has 1 aliphatic carbocycles. The van der Waals surface area contributed by atoms with Crippen LogP contribution in [0.2, 0.25) is 0 Å². The van der Waals surface area contributed by atoms with Crippen LogP contribution in [-0.4, -0.2) is 12.7 Å². The van der Waals surface area contributed by atoms with E-state index >= 15 is 0 Å². The van der Waals surface area contributed by atoms with Gasteiger partial charge in [0.25, 0.3) is 0 Å². The van der Waals surface area contributed by atoms with Gasteiger partial charge < -0.3 is 4.74 Å². The molecule has 0 amide bonds. The van der Waals surface area contributed by atoms with E-state index in [1.165, 1.54) is 12.5 Å². The lowest BCUT2D eigenvalue weighted by Gasteiger charge is -2.28. The fourth-order valence-electron chi connectivity index (χ4n) is 2.72. The van der Waals surface area contributed by atoms with E-state index in [0.29, 0.717) is 12.0 Å². The summed E-state index contributed by atoms with van der Waals surface area (Å²) in [5, 5.41) is 0. The first-order valence-corrected chi connectivity index (χ1v) is 7.16. The highest BCUT2D eigenvalue weighted by molar-refractivity contribution is 5.21. The topological polar surface area (TPSA) is 9.23 Å². The Hall–Kier alpha value is -0.890. The molecule has 0 N–H and O–H groups in total. The van der Waals surface area contributed by atoms with E-state index < -0.39 is 0 Å². The lowest BCUT2D eigenvalue weighted by atomic mass is 9.83. The van der Waals surface area contributed by atoms with E-state index in [4.69, 9.17) is 4.74 Å². The van der Waals surface area contributed by atoms with Gasteiger partial charge in [0.1, 0.15) is 5.82 Å². The van der Waals surface area contributed by atoms with Crippen LogP contribution in [-0.2, 0) is 4.74 Å². The summed E-state index contributed by atoms with van der Waals surface area (Å²) in [6, 6.07) is 7.06. The van der Waals surface area contributed by atoms with E-state index in [2.05, 4.69) is 6.92 Å². The summed E-state index contributed by atoms with van der Waals surface area (Å²) in [6.07, 6.45) is 7.26. The molecule has 1 saturated carbocycles. The maximum Gasteiger partial charge on any atom is 0.123 e. The van der Waals surface area contributed by atoms with Gasteiger partial charge in [-0.15, -0.1) is 0 Å². The van der Waals surface area contributed by atoms with Gasteiger partial charge in [0, 0.05) is 6.61 Å². The lowest BCUT2D eigenvalue weighted by molar-refractivity contribution is 0.0232. The maximum absolute atomic E-state index is 13.2. The molecule has 0 spiro atoms. The molecule has 0 bridgehead atoms. The zero-order valence-corrected chi connectivity index (χ0v) is 11.2. The third-order valence-electron chi connectivity index (χ3n) is 3.85. The van der Waals surface area contributed by atoms with Crippen molar-refractivity contribution in [2.75, 3.05) is 6.61 Å². The number of hydrogen-bond donors (Lipinski definition) is 0. The predicted octanol–water partition coefficient (Wildman–Crippen LogP) is 4.67. The monoisotopic (exact) mass is 250 g/mol. The number of ether oxygens (including phenoxy) is 1. The number of halogens is 1. The van der Waals surface area contributed by atoms with E-state index in [1.807, 2.05) is 12.1 Å². The highest BCUT2D eigenvalue weighted by Gasteiger charge is 2.22. The molecule has 2 heteroatoms. The molecule has 1 nitrogen and oxygen atoms in total. The molecule has 1 fully saturated rings. The number of unbranched alkanes of at least 4 members (excludes halogenated alkanes) is 1. The molecule has 1 aromatic rings. The van der Waals surface area contributed by atoms with Gasteiger partial charge in [0.05, 0.1) is 6.10 Å². The van der Waals surface area contributed by atoms with Crippen LogP contribution in [0, 0.1) is 5.82 Å². The molecule has 0 heterocycles. The van der Waals surface area contributed by atoms with Gasteiger partial charge in [-0.1, -0.05) is 25.5 Å². The van der Waals surface area contributed by atoms with Crippen molar-refractivity contribution in [1.29, 1.82) is 0 Å². The first-order chi connectivity index (χ1) is 8.79. The highest BCUT2D eigenvalue weighted by atomic mass is 19.1. The third-order valence-corrected chi connectivity index (χ3v) is 3.85. The summed E-state index contributed by atoms with van der Waals surface area (Å²) < 4.78 is 19.0. The molecular weight excluding hydrogens is 227 g/mol. The average molecular weight is 250 g/mol. The van der Waals surface area contributed by atoms with Crippen LogP contribution in [0.15, 0.2) is 24.3 Å². The van der Waals surface area contributed by atoms with Crippen LogP contribution in [0.3, 0.4) is 0 Å². The smallest absolute Gasteiger partial charge is 0.123 e. The lowest BCUT2D eigenvalue weighted by Crippen LogP contribution is -2.21. The van der Waals surface area contributed by atoms with Crippen molar-refractivity contribution in [2.45, 2.75) is 57.5 Å². The summed E-state index contributed by atoms with van der Waals surface area (Å²) in [5.41, 5.74) is 1.15. The van der Waals surface area contributed by atoms with Gasteiger partial charge in [-0.3, -0.25) is 0 Å². The van der Waals surface area contributed by atoms with Crippen LogP contribution >= 0.6 is 0 Å². The molecule has 0 aromatic heterocycles. The number of rotatable bonds is 5. The van der Waals surface area contributed by atoms with E-state index in [-0.39, 0.29) is 5.82 Å². The van der Waals surface area contributed by atoms with Crippen molar-refractivity contribution in [3.05, 3.63) is 35.6 Å². The number of benzene rings is 1. The summed E-state index contributed by atoms with van der Waals surface area (Å²) in [7, 11) is 0. The molecule has 18 heavy (non-hydrogen) atoms. The van der Waals surface area contributed by atoms with Crippen molar-refractivity contribution in [2.24, 2.45) is 0 Å². The SMILES string of the molecule is CCCCOC1CCC(c2cccc(F)c2)CC1. The van der Waals surface area contributed by atoms with Gasteiger partial charge in [0.2, 0.25) is 0 Å². The quantitative estimate of drug-likeness (QED) is 0.690. The van der Waals surface area contributed by atoms with E-state index in [9.17, 15) is 4.39 Å². The molecule has 2 rings (SSSR count). The van der Waals surface area contributed by atoms with Gasteiger partial charge in [-0.2, -0.15) is 0 Å². The maximum atomic E-state index is 13.2. The van der Waals surface area contributed by atoms with Crippen LogP contribution in [0.4, 0.5) is 4.39 Å². The Bertz CT molecular complexity index is 356. The van der Waals surface area contributed by atoms with Crippen molar-refractivity contribution in [3.63, 3.8) is 0 Å².